The van der Waals surface area contributed by atoms with Gasteiger partial charge >= 0.3 is 6.03 Å². The molecule has 0 unspecified atom stereocenters. The molecule has 2 amide bonds. The zero-order valence-electron chi connectivity index (χ0n) is 13.9. The molecule has 1 aromatic carbocycles. The van der Waals surface area contributed by atoms with Gasteiger partial charge in [-0.3, -0.25) is 9.98 Å². The Labute approximate surface area is 147 Å². The van der Waals surface area contributed by atoms with Crippen molar-refractivity contribution in [3.63, 3.8) is 0 Å². The van der Waals surface area contributed by atoms with Crippen molar-refractivity contribution in [1.82, 2.24) is 9.88 Å². The van der Waals surface area contributed by atoms with E-state index < -0.39 is 0 Å². The number of rotatable bonds is 3. The van der Waals surface area contributed by atoms with Crippen molar-refractivity contribution in [1.29, 1.82) is 0 Å². The number of allylic oxidation sites excluding steroid dienone is 1. The molecule has 126 valence electrons. The summed E-state index contributed by atoms with van der Waals surface area (Å²) in [6, 6.07) is 12.0. The maximum Gasteiger partial charge on any atom is 0.321 e. The summed E-state index contributed by atoms with van der Waals surface area (Å²) in [7, 11) is 0. The van der Waals surface area contributed by atoms with Crippen molar-refractivity contribution in [2.45, 2.75) is 12.3 Å². The summed E-state index contributed by atoms with van der Waals surface area (Å²) in [4.78, 5) is 22.5. The SMILES string of the molecule is O=C(Nc1ccc(C2=CC=NCC2)cc1)N1CC(c2cccnc2)C1. The molecule has 2 aromatic rings. The second kappa shape index (κ2) is 6.89. The van der Waals surface area contributed by atoms with Crippen LogP contribution >= 0.6 is 0 Å². The number of urea groups is 1. The van der Waals surface area contributed by atoms with Crippen LogP contribution in [0.15, 0.2) is 59.9 Å². The van der Waals surface area contributed by atoms with Gasteiger partial charge in [0.1, 0.15) is 0 Å². The molecular formula is C20H20N4O. The molecule has 5 nitrogen and oxygen atoms in total. The molecule has 0 aliphatic carbocycles. The molecular weight excluding hydrogens is 312 g/mol. The number of benzene rings is 1. The third kappa shape index (κ3) is 3.45. The normalized spacial score (nSPS) is 17.0. The quantitative estimate of drug-likeness (QED) is 0.934. The molecule has 1 N–H and O–H groups in total. The first-order valence-electron chi connectivity index (χ1n) is 8.55. The summed E-state index contributed by atoms with van der Waals surface area (Å²) < 4.78 is 0. The number of hydrogen-bond acceptors (Lipinski definition) is 3. The van der Waals surface area contributed by atoms with E-state index in [1.165, 1.54) is 16.7 Å². The van der Waals surface area contributed by atoms with Crippen LogP contribution < -0.4 is 5.32 Å². The molecule has 2 aliphatic rings. The minimum Gasteiger partial charge on any atom is -0.323 e. The zero-order valence-corrected chi connectivity index (χ0v) is 13.9. The Balaban J connectivity index is 1.33. The predicted octanol–water partition coefficient (Wildman–Crippen LogP) is 3.57. The van der Waals surface area contributed by atoms with Gasteiger partial charge < -0.3 is 10.2 Å². The monoisotopic (exact) mass is 332 g/mol. The number of pyridine rings is 1. The van der Waals surface area contributed by atoms with E-state index in [1.54, 1.807) is 6.20 Å². The third-order valence-electron chi connectivity index (χ3n) is 4.72. The molecule has 1 saturated heterocycles. The van der Waals surface area contributed by atoms with E-state index in [1.807, 2.05) is 35.5 Å². The Morgan fingerprint density at radius 2 is 2.00 bits per heavy atom. The van der Waals surface area contributed by atoms with Crippen LogP contribution in [0.25, 0.3) is 5.57 Å². The number of amides is 2. The van der Waals surface area contributed by atoms with Crippen LogP contribution in [-0.2, 0) is 0 Å². The number of likely N-dealkylation sites (tertiary alicyclic amines) is 1. The van der Waals surface area contributed by atoms with Gasteiger partial charge in [-0.1, -0.05) is 18.2 Å². The number of nitrogens with one attached hydrogen (secondary N) is 1. The minimum atomic E-state index is -0.0445. The van der Waals surface area contributed by atoms with Gasteiger partial charge in [-0.25, -0.2) is 4.79 Å². The average molecular weight is 332 g/mol. The Kier molecular flexibility index (Phi) is 4.29. The Bertz CT molecular complexity index is 805. The van der Waals surface area contributed by atoms with Crippen LogP contribution in [0.5, 0.6) is 0 Å². The van der Waals surface area contributed by atoms with Crippen LogP contribution in [0.2, 0.25) is 0 Å². The molecule has 5 heteroatoms. The van der Waals surface area contributed by atoms with Crippen molar-refractivity contribution >= 4 is 23.5 Å². The Morgan fingerprint density at radius 1 is 1.16 bits per heavy atom. The average Bonchev–Trinajstić information content (AvgIpc) is 2.63. The largest absolute Gasteiger partial charge is 0.323 e. The lowest BCUT2D eigenvalue weighted by molar-refractivity contribution is 0.164. The lowest BCUT2D eigenvalue weighted by atomic mass is 9.93. The first kappa shape index (κ1) is 15.6. The van der Waals surface area contributed by atoms with Crippen LogP contribution in [0, 0.1) is 0 Å². The lowest BCUT2D eigenvalue weighted by Gasteiger charge is -2.39. The zero-order chi connectivity index (χ0) is 17.1. The summed E-state index contributed by atoms with van der Waals surface area (Å²) in [5, 5.41) is 2.97. The summed E-state index contributed by atoms with van der Waals surface area (Å²) in [6.07, 6.45) is 8.52. The van der Waals surface area contributed by atoms with Crippen LogP contribution in [0.3, 0.4) is 0 Å². The van der Waals surface area contributed by atoms with E-state index in [0.29, 0.717) is 5.92 Å². The van der Waals surface area contributed by atoms with Gasteiger partial charge in [0.05, 0.1) is 0 Å². The fourth-order valence-corrected chi connectivity index (χ4v) is 3.17. The fraction of sp³-hybridized carbons (Fsp3) is 0.250. The first-order chi connectivity index (χ1) is 12.3. The van der Waals surface area contributed by atoms with Gasteiger partial charge in [0.15, 0.2) is 0 Å². The van der Waals surface area contributed by atoms with E-state index in [0.717, 1.165) is 31.7 Å². The van der Waals surface area contributed by atoms with Crippen molar-refractivity contribution in [2.24, 2.45) is 4.99 Å². The third-order valence-corrected chi connectivity index (χ3v) is 4.72. The van der Waals surface area contributed by atoms with Crippen molar-refractivity contribution < 1.29 is 4.79 Å². The van der Waals surface area contributed by atoms with Crippen molar-refractivity contribution in [3.05, 3.63) is 66.0 Å². The van der Waals surface area contributed by atoms with Crippen LogP contribution in [-0.4, -0.2) is 41.8 Å². The maximum absolute atomic E-state index is 12.3. The van der Waals surface area contributed by atoms with E-state index in [-0.39, 0.29) is 6.03 Å². The summed E-state index contributed by atoms with van der Waals surface area (Å²) in [5.41, 5.74) is 4.49. The molecule has 1 fully saturated rings. The number of aliphatic imine (C=N–C) groups is 1. The second-order valence-corrected chi connectivity index (χ2v) is 6.39. The molecule has 0 spiro atoms. The van der Waals surface area contributed by atoms with E-state index in [4.69, 9.17) is 0 Å². The molecule has 2 aliphatic heterocycles. The molecule has 0 atom stereocenters. The smallest absolute Gasteiger partial charge is 0.321 e. The molecule has 0 radical (unpaired) electrons. The van der Waals surface area contributed by atoms with Gasteiger partial charge in [-0.05, 0) is 47.4 Å². The number of carbonyl (C=O) groups excluding carboxylic acids is 1. The van der Waals surface area contributed by atoms with Crippen LogP contribution in [0.1, 0.15) is 23.5 Å². The summed E-state index contributed by atoms with van der Waals surface area (Å²) >= 11 is 0. The van der Waals surface area contributed by atoms with Crippen LogP contribution in [0.4, 0.5) is 10.5 Å². The Morgan fingerprint density at radius 3 is 2.68 bits per heavy atom. The molecule has 25 heavy (non-hydrogen) atoms. The number of hydrogen-bond donors (Lipinski definition) is 1. The Hall–Kier alpha value is -2.95. The maximum atomic E-state index is 12.3. The highest BCUT2D eigenvalue weighted by Gasteiger charge is 2.31. The highest BCUT2D eigenvalue weighted by atomic mass is 16.2. The molecule has 0 bridgehead atoms. The van der Waals surface area contributed by atoms with Crippen molar-refractivity contribution in [2.75, 3.05) is 25.0 Å². The standard InChI is InChI=1S/C20H20N4O/c25-20(24-13-18(14-24)17-2-1-9-22-12-17)23-19-5-3-15(4-6-19)16-7-10-21-11-8-16/h1-7,9-10,12,18H,8,11,13-14H2,(H,23,25). The number of anilines is 1. The lowest BCUT2D eigenvalue weighted by Crippen LogP contribution is -2.50. The van der Waals surface area contributed by atoms with E-state index in [9.17, 15) is 4.79 Å². The summed E-state index contributed by atoms with van der Waals surface area (Å²) in [6.45, 7) is 2.32. The highest BCUT2D eigenvalue weighted by molar-refractivity contribution is 5.91. The second-order valence-electron chi connectivity index (χ2n) is 6.39. The van der Waals surface area contributed by atoms with Crippen molar-refractivity contribution in [3.8, 4) is 0 Å². The van der Waals surface area contributed by atoms with E-state index >= 15 is 0 Å². The number of dihydropyridines is 1. The number of carbonyl (C=O) groups is 1. The van der Waals surface area contributed by atoms with Gasteiger partial charge in [0.2, 0.25) is 0 Å². The number of aromatic nitrogens is 1. The molecule has 3 heterocycles. The first-order valence-corrected chi connectivity index (χ1v) is 8.55. The van der Waals surface area contributed by atoms with E-state index in [2.05, 4.69) is 39.6 Å². The van der Waals surface area contributed by atoms with Gasteiger partial charge in [0.25, 0.3) is 0 Å². The predicted molar refractivity (Wildman–Crippen MR) is 100.0 cm³/mol. The van der Waals surface area contributed by atoms with Gasteiger partial charge in [-0.2, -0.15) is 0 Å². The fourth-order valence-electron chi connectivity index (χ4n) is 3.17. The molecule has 0 saturated carbocycles. The minimum absolute atomic E-state index is 0.0445. The molecule has 1 aromatic heterocycles. The topological polar surface area (TPSA) is 57.6 Å². The highest BCUT2D eigenvalue weighted by Crippen LogP contribution is 2.27. The molecule has 4 rings (SSSR count). The van der Waals surface area contributed by atoms with Gasteiger partial charge in [0, 0.05) is 49.8 Å². The number of nitrogens with zero attached hydrogens (tertiary/aromatic N) is 3. The van der Waals surface area contributed by atoms with Gasteiger partial charge in [-0.15, -0.1) is 0 Å². The summed E-state index contributed by atoms with van der Waals surface area (Å²) in [5.74, 6) is 0.390.